The Morgan fingerprint density at radius 2 is 0.662 bits per heavy atom. The van der Waals surface area contributed by atoms with Crippen molar-refractivity contribution in [3.05, 3.63) is 442 Å². The molecule has 2 N–H and O–H groups in total. The summed E-state index contributed by atoms with van der Waals surface area (Å²) in [7, 11) is 0. The van der Waals surface area contributed by atoms with Crippen molar-refractivity contribution in [2.75, 3.05) is 10.0 Å². The molecule has 0 atom stereocenters. The van der Waals surface area contributed by atoms with E-state index in [1.54, 1.807) is 95.9 Å². The van der Waals surface area contributed by atoms with Gasteiger partial charge in [-0.25, -0.2) is 45.3 Å². The molecule has 0 unspecified atom stereocenters. The number of hydrogen-bond acceptors (Lipinski definition) is 18. The van der Waals surface area contributed by atoms with Crippen molar-refractivity contribution in [2.45, 2.75) is 41.0 Å². The third-order valence-electron chi connectivity index (χ3n) is 20.7. The number of hydrazone groups is 2. The number of thiophene rings is 4. The van der Waals surface area contributed by atoms with E-state index in [2.05, 4.69) is 181 Å². The van der Waals surface area contributed by atoms with Gasteiger partial charge < -0.3 is 50.1 Å². The van der Waals surface area contributed by atoms with Crippen molar-refractivity contribution in [3.63, 3.8) is 0 Å². The van der Waals surface area contributed by atoms with Gasteiger partial charge in [0, 0.05) is 152 Å². The fourth-order valence-electron chi connectivity index (χ4n) is 14.4. The minimum absolute atomic E-state index is 0. The van der Waals surface area contributed by atoms with Gasteiger partial charge >= 0.3 is 0 Å². The summed E-state index contributed by atoms with van der Waals surface area (Å²) >= 11 is 6.94. The summed E-state index contributed by atoms with van der Waals surface area (Å²) < 4.78 is 5.04. The van der Waals surface area contributed by atoms with Gasteiger partial charge in [-0.3, -0.25) is 19.6 Å². The summed E-state index contributed by atoms with van der Waals surface area (Å²) in [5, 5.41) is 38.9. The first-order valence-corrected chi connectivity index (χ1v) is 46.5. The molecule has 24 rings (SSSR count). The fourth-order valence-corrected chi connectivity index (χ4v) is 18.3. The molecule has 0 aliphatic carbocycles. The van der Waals surface area contributed by atoms with Crippen LogP contribution in [0, 0.1) is 29.7 Å². The average molecular weight is 2600 g/mol. The van der Waals surface area contributed by atoms with E-state index < -0.39 is 0 Å². The number of benzene rings is 10. The number of aliphatic hydroxyl groups excluding tert-OH is 2. The molecule has 2 amide bonds. The van der Waals surface area contributed by atoms with E-state index in [0.717, 1.165) is 81.1 Å². The normalized spacial score (nSPS) is 12.5. The zero-order valence-electron chi connectivity index (χ0n) is 75.2. The Labute approximate surface area is 874 Å². The smallest absolute Gasteiger partial charge is 0.284 e. The maximum atomic E-state index is 12.5. The first kappa shape index (κ1) is 102. The predicted molar refractivity (Wildman–Crippen MR) is 553 cm³/mol. The molecule has 139 heavy (non-hydrogen) atoms. The van der Waals surface area contributed by atoms with Gasteiger partial charge in [0.1, 0.15) is 22.7 Å². The minimum Gasteiger partial charge on any atom is -0.511 e. The Morgan fingerprint density at radius 3 is 1.04 bits per heavy atom. The number of hydrogen-bond donors (Lipinski definition) is 2. The van der Waals surface area contributed by atoms with Crippen LogP contribution in [0.15, 0.2) is 422 Å². The molecule has 0 saturated carbocycles. The van der Waals surface area contributed by atoms with Gasteiger partial charge in [0.15, 0.2) is 0 Å². The molecule has 0 saturated heterocycles. The Bertz CT molecular complexity index is 7110. The monoisotopic (exact) mass is 2600 g/mol. The SMILES string of the molecule is CC1=NN(c2ccccc2)C(=O)C1=C(O)CC(C)(C)C.CC1=NN(c2ccccc2)C(=O)C1=C(O)c1ccccc1.[Ir].[Ir].[Ir].[Ir].[c-]1c(-c2ccccn2)sc2ccccc12.[c-]1c(-c2ccccn2)sc2ccccc12.[c-]1c(-c2ccccn2)sc2ccccc12.[c-]1c(-c2nccc3ccccc23)sc2ccccc12.c1ccc(-c2nc3ccccc3[n-]2)nc1.c1ccc(-c2nc3ccccc3[n-]2)nc1. The zero-order chi connectivity index (χ0) is 92.8. The molecular weight excluding hydrogens is 2510 g/mol. The van der Waals surface area contributed by atoms with E-state index in [0.29, 0.717) is 52.0 Å². The maximum absolute atomic E-state index is 12.5. The number of amides is 2. The topological polar surface area (TPSA) is 237 Å². The number of anilines is 2. The van der Waals surface area contributed by atoms with E-state index in [4.69, 9.17) is 0 Å². The number of carbonyl (C=O) groups is 2. The van der Waals surface area contributed by atoms with Gasteiger partial charge in [0.2, 0.25) is 0 Å². The van der Waals surface area contributed by atoms with Crippen LogP contribution in [0.1, 0.15) is 46.6 Å². The molecule has 696 valence electrons. The van der Waals surface area contributed by atoms with Gasteiger partial charge in [0.05, 0.1) is 34.2 Å². The van der Waals surface area contributed by atoms with Crippen LogP contribution in [0.5, 0.6) is 0 Å². The second kappa shape index (κ2) is 49.4. The van der Waals surface area contributed by atoms with Crippen molar-refractivity contribution >= 4 is 159 Å². The third kappa shape index (κ3) is 26.1. The predicted octanol–water partition coefficient (Wildman–Crippen LogP) is 27.7. The van der Waals surface area contributed by atoms with Gasteiger partial charge in [-0.15, -0.1) is 94.3 Å². The van der Waals surface area contributed by atoms with Crippen molar-refractivity contribution in [3.8, 4) is 65.3 Å². The van der Waals surface area contributed by atoms with Crippen LogP contribution >= 0.6 is 45.3 Å². The van der Waals surface area contributed by atoms with Crippen LogP contribution in [0.25, 0.3) is 144 Å². The second-order valence-corrected chi connectivity index (χ2v) is 35.9. The van der Waals surface area contributed by atoms with Crippen molar-refractivity contribution in [1.82, 2.24) is 49.8 Å². The fraction of sp³-hybridized carbons (Fsp3) is 0.0619. The molecule has 10 aromatic carbocycles. The van der Waals surface area contributed by atoms with E-state index in [1.807, 2.05) is 282 Å². The van der Waals surface area contributed by atoms with Crippen LogP contribution in [0.2, 0.25) is 0 Å². The first-order chi connectivity index (χ1) is 66.1. The first-order valence-electron chi connectivity index (χ1n) is 43.2. The summed E-state index contributed by atoms with van der Waals surface area (Å²) in [6, 6.07) is 129. The molecule has 22 aromatic rings. The number of nitrogens with zero attached hydrogens (tertiary/aromatic N) is 14. The Balaban J connectivity index is 0.000000134. The van der Waals surface area contributed by atoms with E-state index in [1.165, 1.54) is 55.7 Å². The molecule has 12 aromatic heterocycles. The number of imidazole rings is 2. The number of pyridine rings is 6. The van der Waals surface area contributed by atoms with Crippen molar-refractivity contribution in [2.24, 2.45) is 15.6 Å². The minimum atomic E-state index is -0.319. The summed E-state index contributed by atoms with van der Waals surface area (Å²) in [6.45, 7) is 9.52. The molecule has 0 fully saturated rings. The Kier molecular flexibility index (Phi) is 36.4. The van der Waals surface area contributed by atoms with E-state index in [9.17, 15) is 19.8 Å². The second-order valence-electron chi connectivity index (χ2n) is 31.7. The molecule has 2 aliphatic heterocycles. The Hall–Kier alpha value is -13.9. The molecule has 14 heterocycles. The number of allylic oxidation sites excluding steroid dienone is 1. The summed E-state index contributed by atoms with van der Waals surface area (Å²) in [5.41, 5.74) is 12.8. The van der Waals surface area contributed by atoms with E-state index >= 15 is 0 Å². The average Bonchev–Trinajstić information content (AvgIpc) is 1.66. The number of carbonyl (C=O) groups excluding carboxylic acids is 2. The maximum Gasteiger partial charge on any atom is 0.284 e. The molecular formula is C113H84Ir4N14O4S4-6. The molecule has 0 spiro atoms. The van der Waals surface area contributed by atoms with Crippen LogP contribution in [0.3, 0.4) is 0 Å². The number of para-hydroxylation sites is 6. The standard InChI is InChI=1S/C17H14N2O2.C17H10NS.C16H20N2O2.3C13H8NS.2C12H8N3.4Ir/c1-12-15(16(20)13-8-4-2-5-9-13)17(21)19(18-12)14-10-6-3-7-11-14;1-3-7-14-12(5-1)9-10-18-17(14)16-11-13-6-2-4-8-15(13)19-16;1-11-14(13(19)10-16(2,3)4)15(20)18(17-11)12-8-6-5-7-9-12;3*1-2-7-12-10(5-1)9-13(15-12)11-6-3-4-8-14-11;2*1-2-6-10-9(5-1)14-12(15-10)11-7-3-4-8-13-11;;;;/h2-11,20H,1H3;1-10H;5-9,19H,10H2,1-4H3;5*1-8H;;;;/q;-1;;5*-1;;;;. The van der Waals surface area contributed by atoms with Gasteiger partial charge in [-0.1, -0.05) is 257 Å². The number of aromatic nitrogens is 10. The zero-order valence-corrected chi connectivity index (χ0v) is 88.0. The number of fused-ring (bicyclic) bond motifs is 7. The van der Waals surface area contributed by atoms with Crippen molar-refractivity contribution < 1.29 is 100 Å². The van der Waals surface area contributed by atoms with Crippen LogP contribution < -0.4 is 20.0 Å². The molecule has 18 nitrogen and oxygen atoms in total. The summed E-state index contributed by atoms with van der Waals surface area (Å²) in [5.74, 6) is 0.867. The largest absolute Gasteiger partial charge is 0.511 e. The quantitative estimate of drug-likeness (QED) is 0.0736. The molecule has 4 radical (unpaired) electrons. The van der Waals surface area contributed by atoms with Crippen molar-refractivity contribution in [1.29, 1.82) is 0 Å². The number of aliphatic hydroxyl groups is 2. The molecule has 2 aliphatic rings. The molecule has 0 bridgehead atoms. The summed E-state index contributed by atoms with van der Waals surface area (Å²) in [6.07, 6.45) is 11.3. The third-order valence-corrected chi connectivity index (χ3v) is 25.1. The van der Waals surface area contributed by atoms with Gasteiger partial charge in [-0.2, -0.15) is 20.2 Å². The number of rotatable bonds is 10. The molecule has 26 heteroatoms. The van der Waals surface area contributed by atoms with Gasteiger partial charge in [-0.05, 0) is 175 Å². The van der Waals surface area contributed by atoms with Crippen LogP contribution in [-0.2, 0) is 90.0 Å². The summed E-state index contributed by atoms with van der Waals surface area (Å²) in [4.78, 5) is 73.0. The van der Waals surface area contributed by atoms with E-state index in [-0.39, 0.29) is 115 Å². The van der Waals surface area contributed by atoms with Gasteiger partial charge in [0.25, 0.3) is 11.8 Å². The van der Waals surface area contributed by atoms with Crippen LogP contribution in [0.4, 0.5) is 11.4 Å². The Morgan fingerprint density at radius 1 is 0.338 bits per heavy atom. The van der Waals surface area contributed by atoms with Crippen LogP contribution in [-0.4, -0.2) is 73.3 Å².